The van der Waals surface area contributed by atoms with Gasteiger partial charge in [-0.15, -0.1) is 0 Å². The highest BCUT2D eigenvalue weighted by molar-refractivity contribution is 6.36. The minimum atomic E-state index is -1.23. The summed E-state index contributed by atoms with van der Waals surface area (Å²) < 4.78 is 6.09. The van der Waals surface area contributed by atoms with E-state index in [0.29, 0.717) is 47.1 Å². The van der Waals surface area contributed by atoms with Crippen LogP contribution in [-0.2, 0) is 11.2 Å². The van der Waals surface area contributed by atoms with Crippen LogP contribution in [0.5, 0.6) is 5.75 Å². The predicted octanol–water partition coefficient (Wildman–Crippen LogP) is 5.51. The molecular weight excluding hydrogens is 437 g/mol. The Labute approximate surface area is 189 Å². The maximum atomic E-state index is 13.1. The second-order valence-corrected chi connectivity index (χ2v) is 8.55. The first-order valence-corrected chi connectivity index (χ1v) is 10.8. The summed E-state index contributed by atoms with van der Waals surface area (Å²) in [6.07, 6.45) is 2.16. The SMILES string of the molecule is O=C(NC1(C(=O)O)CCC1)c1cc(Cl)c2ccccc2c1OCCc1cccc(Cl)c1. The van der Waals surface area contributed by atoms with E-state index in [1.54, 1.807) is 12.1 Å². The summed E-state index contributed by atoms with van der Waals surface area (Å²) in [5.41, 5.74) is 0.00571. The number of carboxylic acid groups (broad SMARTS) is 1. The zero-order valence-corrected chi connectivity index (χ0v) is 18.2. The molecule has 0 aliphatic heterocycles. The summed E-state index contributed by atoms with van der Waals surface area (Å²) in [4.78, 5) is 24.8. The van der Waals surface area contributed by atoms with E-state index in [9.17, 15) is 14.7 Å². The van der Waals surface area contributed by atoms with Gasteiger partial charge in [-0.2, -0.15) is 0 Å². The topological polar surface area (TPSA) is 75.6 Å². The Balaban J connectivity index is 1.65. The number of benzene rings is 3. The summed E-state index contributed by atoms with van der Waals surface area (Å²) in [6.45, 7) is 0.316. The molecule has 1 saturated carbocycles. The lowest BCUT2D eigenvalue weighted by Crippen LogP contribution is -2.59. The lowest BCUT2D eigenvalue weighted by atomic mass is 9.76. The fourth-order valence-electron chi connectivity index (χ4n) is 3.80. The molecule has 31 heavy (non-hydrogen) atoms. The van der Waals surface area contributed by atoms with Gasteiger partial charge in [0.2, 0.25) is 0 Å². The number of carboxylic acids is 1. The van der Waals surface area contributed by atoms with E-state index in [0.717, 1.165) is 17.4 Å². The lowest BCUT2D eigenvalue weighted by molar-refractivity contribution is -0.148. The maximum Gasteiger partial charge on any atom is 0.329 e. The normalized spacial score (nSPS) is 14.6. The first-order valence-electron chi connectivity index (χ1n) is 10.0. The third-order valence-corrected chi connectivity index (χ3v) is 6.23. The number of halogens is 2. The quantitative estimate of drug-likeness (QED) is 0.490. The van der Waals surface area contributed by atoms with Crippen LogP contribution >= 0.6 is 23.2 Å². The van der Waals surface area contributed by atoms with Crippen LogP contribution in [0.4, 0.5) is 0 Å². The van der Waals surface area contributed by atoms with E-state index < -0.39 is 17.4 Å². The molecule has 0 radical (unpaired) electrons. The maximum absolute atomic E-state index is 13.1. The van der Waals surface area contributed by atoms with Gasteiger partial charge in [0.1, 0.15) is 11.3 Å². The number of amides is 1. The van der Waals surface area contributed by atoms with Crippen LogP contribution in [0.3, 0.4) is 0 Å². The second-order valence-electron chi connectivity index (χ2n) is 7.70. The van der Waals surface area contributed by atoms with Gasteiger partial charge in [-0.05, 0) is 43.0 Å². The van der Waals surface area contributed by atoms with Crippen molar-refractivity contribution in [3.8, 4) is 5.75 Å². The van der Waals surface area contributed by atoms with Gasteiger partial charge >= 0.3 is 5.97 Å². The summed E-state index contributed by atoms with van der Waals surface area (Å²) in [7, 11) is 0. The Morgan fingerprint density at radius 2 is 1.77 bits per heavy atom. The van der Waals surface area contributed by atoms with Gasteiger partial charge in [0.15, 0.2) is 0 Å². The average Bonchev–Trinajstić information content (AvgIpc) is 2.72. The monoisotopic (exact) mass is 457 g/mol. The molecule has 0 unspecified atom stereocenters. The van der Waals surface area contributed by atoms with Gasteiger partial charge in [0.25, 0.3) is 5.91 Å². The predicted molar refractivity (Wildman–Crippen MR) is 121 cm³/mol. The summed E-state index contributed by atoms with van der Waals surface area (Å²) >= 11 is 12.5. The van der Waals surface area contributed by atoms with Crippen LogP contribution < -0.4 is 10.1 Å². The lowest BCUT2D eigenvalue weighted by Gasteiger charge is -2.38. The van der Waals surface area contributed by atoms with Gasteiger partial charge in [0.05, 0.1) is 12.2 Å². The molecule has 0 aromatic heterocycles. The third kappa shape index (κ3) is 4.34. The largest absolute Gasteiger partial charge is 0.492 e. The molecule has 0 bridgehead atoms. The Morgan fingerprint density at radius 3 is 2.42 bits per heavy atom. The third-order valence-electron chi connectivity index (χ3n) is 5.68. The highest BCUT2D eigenvalue weighted by Gasteiger charge is 2.46. The zero-order valence-electron chi connectivity index (χ0n) is 16.7. The molecule has 3 aromatic rings. The number of nitrogens with one attached hydrogen (secondary N) is 1. The van der Waals surface area contributed by atoms with Crippen LogP contribution in [0.1, 0.15) is 35.2 Å². The fourth-order valence-corrected chi connectivity index (χ4v) is 4.29. The number of rotatable bonds is 7. The molecule has 160 valence electrons. The molecule has 1 fully saturated rings. The molecule has 0 heterocycles. The zero-order chi connectivity index (χ0) is 22.0. The van der Waals surface area contributed by atoms with Crippen LogP contribution in [0, 0.1) is 0 Å². The molecule has 2 N–H and O–H groups in total. The van der Waals surface area contributed by atoms with Crippen LogP contribution in [0.2, 0.25) is 10.0 Å². The molecule has 7 heteroatoms. The second kappa shape index (κ2) is 8.77. The van der Waals surface area contributed by atoms with Crippen molar-refractivity contribution < 1.29 is 19.4 Å². The summed E-state index contributed by atoms with van der Waals surface area (Å²) in [5, 5.41) is 14.8. The van der Waals surface area contributed by atoms with E-state index in [1.807, 2.05) is 42.5 Å². The molecule has 3 aromatic carbocycles. The number of carbonyl (C=O) groups is 2. The van der Waals surface area contributed by atoms with Gasteiger partial charge in [-0.3, -0.25) is 4.79 Å². The smallest absolute Gasteiger partial charge is 0.329 e. The molecular formula is C24H21Cl2NO4. The standard InChI is InChI=1S/C24H21Cl2NO4/c25-16-6-3-5-15(13-16)9-12-31-21-18-8-2-1-7-17(18)20(26)14-19(21)22(28)27-24(23(29)30)10-4-11-24/h1-3,5-8,13-14H,4,9-12H2,(H,27,28)(H,29,30). The minimum absolute atomic E-state index is 0.224. The molecule has 1 aliphatic carbocycles. The van der Waals surface area contributed by atoms with Gasteiger partial charge in [-0.1, -0.05) is 59.6 Å². The Morgan fingerprint density at radius 1 is 1.03 bits per heavy atom. The molecule has 1 aliphatic rings. The molecule has 1 amide bonds. The van der Waals surface area contributed by atoms with E-state index in [4.69, 9.17) is 27.9 Å². The first-order chi connectivity index (χ1) is 14.9. The van der Waals surface area contributed by atoms with Gasteiger partial charge in [-0.25, -0.2) is 4.79 Å². The molecule has 4 rings (SSSR count). The Hall–Kier alpha value is -2.76. The molecule has 5 nitrogen and oxygen atoms in total. The summed E-state index contributed by atoms with van der Waals surface area (Å²) in [5.74, 6) is -1.14. The molecule has 0 saturated heterocycles. The Kier molecular flexibility index (Phi) is 6.08. The molecule has 0 atom stereocenters. The van der Waals surface area contributed by atoms with Crippen molar-refractivity contribution in [3.63, 3.8) is 0 Å². The highest BCUT2D eigenvalue weighted by atomic mass is 35.5. The van der Waals surface area contributed by atoms with E-state index in [1.165, 1.54) is 0 Å². The van der Waals surface area contributed by atoms with Crippen molar-refractivity contribution in [2.24, 2.45) is 0 Å². The number of hydrogen-bond acceptors (Lipinski definition) is 3. The van der Waals surface area contributed by atoms with Crippen LogP contribution in [0.25, 0.3) is 10.8 Å². The van der Waals surface area contributed by atoms with Crippen molar-refractivity contribution in [1.82, 2.24) is 5.32 Å². The van der Waals surface area contributed by atoms with Crippen molar-refractivity contribution in [2.45, 2.75) is 31.2 Å². The first kappa shape index (κ1) is 21.5. The van der Waals surface area contributed by atoms with E-state index in [-0.39, 0.29) is 5.56 Å². The van der Waals surface area contributed by atoms with Crippen LogP contribution in [-0.4, -0.2) is 29.1 Å². The fraction of sp³-hybridized carbons (Fsp3) is 0.250. The van der Waals surface area contributed by atoms with Crippen molar-refractivity contribution in [2.75, 3.05) is 6.61 Å². The Bertz CT molecular complexity index is 1160. The van der Waals surface area contributed by atoms with Gasteiger partial charge in [0, 0.05) is 27.2 Å². The van der Waals surface area contributed by atoms with Gasteiger partial charge < -0.3 is 15.2 Å². The highest BCUT2D eigenvalue weighted by Crippen LogP contribution is 2.37. The summed E-state index contributed by atoms with van der Waals surface area (Å²) in [6, 6.07) is 16.4. The average molecular weight is 458 g/mol. The van der Waals surface area contributed by atoms with Crippen molar-refractivity contribution in [1.29, 1.82) is 0 Å². The van der Waals surface area contributed by atoms with E-state index in [2.05, 4.69) is 5.32 Å². The van der Waals surface area contributed by atoms with Crippen molar-refractivity contribution in [3.05, 3.63) is 75.8 Å². The number of fused-ring (bicyclic) bond motifs is 1. The number of hydrogen-bond donors (Lipinski definition) is 2. The van der Waals surface area contributed by atoms with E-state index >= 15 is 0 Å². The number of aliphatic carboxylic acids is 1. The minimum Gasteiger partial charge on any atom is -0.492 e. The number of ether oxygens (including phenoxy) is 1. The van der Waals surface area contributed by atoms with Crippen LogP contribution in [0.15, 0.2) is 54.6 Å². The molecule has 0 spiro atoms. The van der Waals surface area contributed by atoms with Crippen molar-refractivity contribution >= 4 is 45.9 Å². The number of carbonyl (C=O) groups excluding carboxylic acids is 1.